The molecule has 0 saturated carbocycles. The van der Waals surface area contributed by atoms with E-state index in [-0.39, 0.29) is 0 Å². The van der Waals surface area contributed by atoms with Gasteiger partial charge < -0.3 is 16.4 Å². The summed E-state index contributed by atoms with van der Waals surface area (Å²) < 4.78 is 0. The van der Waals surface area contributed by atoms with Crippen LogP contribution >= 0.6 is 0 Å². The molecule has 5 nitrogen and oxygen atoms in total. The Hall–Kier alpha value is -1.46. The van der Waals surface area contributed by atoms with Gasteiger partial charge in [-0.2, -0.15) is 0 Å². The zero-order chi connectivity index (χ0) is 14.3. The first-order valence-corrected chi connectivity index (χ1v) is 6.57. The van der Waals surface area contributed by atoms with Crippen molar-refractivity contribution in [2.45, 2.75) is 31.2 Å². The molecule has 1 aromatic rings. The summed E-state index contributed by atoms with van der Waals surface area (Å²) in [7, 11) is 4.05. The highest BCUT2D eigenvalue weighted by atomic mass is 16.1. The minimum Gasteiger partial charge on any atom is -0.368 e. The fourth-order valence-electron chi connectivity index (χ4n) is 1.99. The maximum atomic E-state index is 11.6. The molecule has 0 spiro atoms. The minimum atomic E-state index is -0.999. The topological polar surface area (TPSA) is 85.2 Å². The van der Waals surface area contributed by atoms with Crippen LogP contribution in [0.25, 0.3) is 0 Å². The van der Waals surface area contributed by atoms with Gasteiger partial charge in [0.2, 0.25) is 5.91 Å². The fraction of sp³-hybridized carbons (Fsp3) is 0.571. The maximum Gasteiger partial charge on any atom is 0.237 e. The van der Waals surface area contributed by atoms with Gasteiger partial charge in [0.25, 0.3) is 0 Å². The van der Waals surface area contributed by atoms with Gasteiger partial charge in [-0.1, -0.05) is 6.07 Å². The second-order valence-electron chi connectivity index (χ2n) is 5.28. The summed E-state index contributed by atoms with van der Waals surface area (Å²) in [4.78, 5) is 17.9. The van der Waals surface area contributed by atoms with Crippen molar-refractivity contribution in [3.8, 4) is 0 Å². The van der Waals surface area contributed by atoms with E-state index in [9.17, 15) is 4.79 Å². The summed E-state index contributed by atoms with van der Waals surface area (Å²) in [6.45, 7) is 0.985. The van der Waals surface area contributed by atoms with Crippen LogP contribution in [0.3, 0.4) is 0 Å². The van der Waals surface area contributed by atoms with E-state index in [4.69, 9.17) is 11.5 Å². The van der Waals surface area contributed by atoms with E-state index in [1.165, 1.54) is 0 Å². The molecule has 1 unspecified atom stereocenters. The van der Waals surface area contributed by atoms with Crippen molar-refractivity contribution in [1.82, 2.24) is 9.88 Å². The molecule has 0 radical (unpaired) electrons. The predicted molar refractivity (Wildman–Crippen MR) is 76.5 cm³/mol. The molecule has 0 bridgehead atoms. The molecule has 19 heavy (non-hydrogen) atoms. The number of nitrogens with two attached hydrogens (primary N) is 2. The number of rotatable bonds is 8. The number of aromatic nitrogens is 1. The molecule has 4 N–H and O–H groups in total. The van der Waals surface area contributed by atoms with Crippen LogP contribution in [0.2, 0.25) is 0 Å². The highest BCUT2D eigenvalue weighted by molar-refractivity contribution is 5.84. The third kappa shape index (κ3) is 5.36. The van der Waals surface area contributed by atoms with Crippen molar-refractivity contribution in [2.75, 3.05) is 20.6 Å². The van der Waals surface area contributed by atoms with Gasteiger partial charge in [-0.15, -0.1) is 0 Å². The molecular formula is C14H24N4O. The van der Waals surface area contributed by atoms with Crippen LogP contribution in [-0.4, -0.2) is 42.0 Å². The molecular weight excluding hydrogens is 240 g/mol. The summed E-state index contributed by atoms with van der Waals surface area (Å²) in [5.41, 5.74) is 11.4. The summed E-state index contributed by atoms with van der Waals surface area (Å²) in [5, 5.41) is 0. The zero-order valence-electron chi connectivity index (χ0n) is 11.8. The van der Waals surface area contributed by atoms with Gasteiger partial charge in [-0.3, -0.25) is 9.78 Å². The van der Waals surface area contributed by atoms with Gasteiger partial charge in [0, 0.05) is 18.3 Å². The van der Waals surface area contributed by atoms with Crippen molar-refractivity contribution in [3.05, 3.63) is 30.1 Å². The first kappa shape index (κ1) is 15.6. The Morgan fingerprint density at radius 3 is 2.63 bits per heavy atom. The molecule has 1 heterocycles. The smallest absolute Gasteiger partial charge is 0.237 e. The highest BCUT2D eigenvalue weighted by Crippen LogP contribution is 2.16. The normalized spacial score (nSPS) is 14.3. The van der Waals surface area contributed by atoms with Crippen LogP contribution < -0.4 is 11.5 Å². The van der Waals surface area contributed by atoms with Crippen molar-refractivity contribution < 1.29 is 4.79 Å². The second-order valence-corrected chi connectivity index (χ2v) is 5.28. The Balaban J connectivity index is 2.57. The highest BCUT2D eigenvalue weighted by Gasteiger charge is 2.31. The maximum absolute atomic E-state index is 11.6. The number of amides is 1. The van der Waals surface area contributed by atoms with Crippen molar-refractivity contribution in [1.29, 1.82) is 0 Å². The standard InChI is InChI=1S/C14H24N4O/c1-18(2)10-6-4-8-14(16,13(15)19)11-12-7-3-5-9-17-12/h3,5,7,9H,4,6,8,10-11,16H2,1-2H3,(H2,15,19). The number of carbonyl (C=O) groups is 1. The second kappa shape index (κ2) is 7.21. The third-order valence-electron chi connectivity index (χ3n) is 3.19. The largest absolute Gasteiger partial charge is 0.368 e. The lowest BCUT2D eigenvalue weighted by molar-refractivity contribution is -0.123. The third-order valence-corrected chi connectivity index (χ3v) is 3.19. The molecule has 5 heteroatoms. The number of nitrogens with zero attached hydrogens (tertiary/aromatic N) is 2. The number of unbranched alkanes of at least 4 members (excludes halogenated alkanes) is 1. The lowest BCUT2D eigenvalue weighted by atomic mass is 9.87. The quantitative estimate of drug-likeness (QED) is 0.671. The molecule has 1 aromatic heterocycles. The average Bonchev–Trinajstić information content (AvgIpc) is 2.35. The monoisotopic (exact) mass is 264 g/mol. The van der Waals surface area contributed by atoms with E-state index >= 15 is 0 Å². The van der Waals surface area contributed by atoms with Crippen molar-refractivity contribution in [3.63, 3.8) is 0 Å². The van der Waals surface area contributed by atoms with Gasteiger partial charge >= 0.3 is 0 Å². The van der Waals surface area contributed by atoms with E-state index in [2.05, 4.69) is 9.88 Å². The van der Waals surface area contributed by atoms with Gasteiger partial charge in [0.15, 0.2) is 0 Å². The first-order chi connectivity index (χ1) is 8.94. The van der Waals surface area contributed by atoms with Crippen LogP contribution in [0.15, 0.2) is 24.4 Å². The molecule has 0 fully saturated rings. The van der Waals surface area contributed by atoms with E-state index in [0.717, 1.165) is 25.1 Å². The van der Waals surface area contributed by atoms with E-state index in [1.54, 1.807) is 6.20 Å². The Labute approximate surface area is 115 Å². The SMILES string of the molecule is CN(C)CCCCC(N)(Cc1ccccn1)C(N)=O. The number of carbonyl (C=O) groups excluding carboxylic acids is 1. The van der Waals surface area contributed by atoms with Crippen LogP contribution in [0.1, 0.15) is 25.0 Å². The number of hydrogen-bond donors (Lipinski definition) is 2. The Kier molecular flexibility index (Phi) is 5.92. The van der Waals surface area contributed by atoms with E-state index in [0.29, 0.717) is 12.8 Å². The van der Waals surface area contributed by atoms with Crippen LogP contribution in [0.4, 0.5) is 0 Å². The lowest BCUT2D eigenvalue weighted by Crippen LogP contribution is -2.53. The minimum absolute atomic E-state index is 0.394. The average molecular weight is 264 g/mol. The summed E-state index contributed by atoms with van der Waals surface area (Å²) in [5.74, 6) is -0.456. The molecule has 0 aliphatic rings. The molecule has 0 aromatic carbocycles. The predicted octanol–water partition coefficient (Wildman–Crippen LogP) is 0.539. The van der Waals surface area contributed by atoms with Gasteiger partial charge in [0.1, 0.15) is 5.54 Å². The molecule has 1 amide bonds. The number of primary amides is 1. The summed E-state index contributed by atoms with van der Waals surface area (Å²) in [6.07, 6.45) is 4.56. The number of pyridine rings is 1. The van der Waals surface area contributed by atoms with Gasteiger partial charge in [0.05, 0.1) is 0 Å². The molecule has 1 rings (SSSR count). The molecule has 106 valence electrons. The van der Waals surface area contributed by atoms with Crippen molar-refractivity contribution in [2.24, 2.45) is 11.5 Å². The van der Waals surface area contributed by atoms with Crippen LogP contribution in [-0.2, 0) is 11.2 Å². The lowest BCUT2D eigenvalue weighted by Gasteiger charge is -2.25. The Bertz CT molecular complexity index is 394. The number of hydrogen-bond acceptors (Lipinski definition) is 4. The molecule has 1 atom stereocenters. The van der Waals surface area contributed by atoms with Gasteiger partial charge in [-0.05, 0) is 52.0 Å². The van der Waals surface area contributed by atoms with E-state index < -0.39 is 11.4 Å². The summed E-state index contributed by atoms with van der Waals surface area (Å²) >= 11 is 0. The van der Waals surface area contributed by atoms with Crippen LogP contribution in [0, 0.1) is 0 Å². The Morgan fingerprint density at radius 1 is 1.37 bits per heavy atom. The zero-order valence-corrected chi connectivity index (χ0v) is 11.8. The fourth-order valence-corrected chi connectivity index (χ4v) is 1.99. The van der Waals surface area contributed by atoms with Crippen molar-refractivity contribution >= 4 is 5.91 Å². The Morgan fingerprint density at radius 2 is 2.11 bits per heavy atom. The van der Waals surface area contributed by atoms with Gasteiger partial charge in [-0.25, -0.2) is 0 Å². The molecule has 0 aliphatic heterocycles. The van der Waals surface area contributed by atoms with E-state index in [1.807, 2.05) is 32.3 Å². The first-order valence-electron chi connectivity index (χ1n) is 6.57. The van der Waals surface area contributed by atoms with Crippen LogP contribution in [0.5, 0.6) is 0 Å². The summed E-state index contributed by atoms with van der Waals surface area (Å²) in [6, 6.07) is 5.59. The molecule has 0 aliphatic carbocycles. The molecule has 0 saturated heterocycles.